The summed E-state index contributed by atoms with van der Waals surface area (Å²) >= 11 is 0. The smallest absolute Gasteiger partial charge is 0.305 e. The predicted molar refractivity (Wildman–Crippen MR) is 340 cm³/mol. The van der Waals surface area contributed by atoms with Crippen molar-refractivity contribution in [1.29, 1.82) is 0 Å². The summed E-state index contributed by atoms with van der Waals surface area (Å²) in [5.74, 6) is 0.00635. The molecule has 0 fully saturated rings. The summed E-state index contributed by atoms with van der Waals surface area (Å²) in [6, 6.07) is 0. The molecule has 0 unspecified atom stereocenters. The van der Waals surface area contributed by atoms with Gasteiger partial charge in [0.05, 0.1) is 13.2 Å². The number of hydrogen-bond donors (Lipinski definition) is 0. The van der Waals surface area contributed by atoms with Crippen LogP contribution < -0.4 is 0 Å². The van der Waals surface area contributed by atoms with Crippen molar-refractivity contribution >= 4 is 11.9 Å². The highest BCUT2D eigenvalue weighted by molar-refractivity contribution is 5.69. The zero-order valence-electron chi connectivity index (χ0n) is 51.7. The molecule has 0 saturated carbocycles. The van der Waals surface area contributed by atoms with E-state index in [1.165, 1.54) is 270 Å². The number of rotatable bonds is 60. The Morgan fingerprint density at radius 3 is 0.671 bits per heavy atom. The summed E-state index contributed by atoms with van der Waals surface area (Å²) < 4.78 is 10.8. The largest absolute Gasteiger partial charge is 0.466 e. The normalized spacial score (nSPS) is 11.9. The van der Waals surface area contributed by atoms with Crippen molar-refractivity contribution < 1.29 is 19.1 Å². The van der Waals surface area contributed by atoms with Crippen LogP contribution in [0.25, 0.3) is 0 Å². The molecular weight excluding hydrogens is 929 g/mol. The van der Waals surface area contributed by atoms with Gasteiger partial charge in [-0.1, -0.05) is 280 Å². The summed E-state index contributed by atoms with van der Waals surface area (Å²) in [5, 5.41) is 0. The van der Waals surface area contributed by atoms with E-state index in [0.717, 1.165) is 51.4 Å². The molecule has 444 valence electrons. The Morgan fingerprint density at radius 2 is 0.408 bits per heavy atom. The van der Waals surface area contributed by atoms with Crippen LogP contribution in [-0.4, -0.2) is 25.2 Å². The number of carbonyl (C=O) groups is 2. The molecule has 0 aliphatic rings. The quantitative estimate of drug-likeness (QED) is 0.0346. The van der Waals surface area contributed by atoms with E-state index in [9.17, 15) is 9.59 Å². The lowest BCUT2D eigenvalue weighted by Crippen LogP contribution is -2.05. The second-order valence-electron chi connectivity index (χ2n) is 22.3. The highest BCUT2D eigenvalue weighted by Gasteiger charge is 2.04. The highest BCUT2D eigenvalue weighted by atomic mass is 16.5. The average molecular weight is 1060 g/mol. The monoisotopic (exact) mass is 1060 g/mol. The SMILES string of the molecule is CCCCC/C=C\C/C=C\CCCCCCCC(=O)OCCCCCCCC/C=C\CCCCCCCC.CCCCC/C=C\C/C=C\CCCCCCCC(=O)OCCCCCCCC/C=C\CCCCCCCC. The van der Waals surface area contributed by atoms with Gasteiger partial charge in [0.25, 0.3) is 0 Å². The Kier molecular flexibility index (Phi) is 71.9. The van der Waals surface area contributed by atoms with Gasteiger partial charge in [0, 0.05) is 12.8 Å². The third-order valence-corrected chi connectivity index (χ3v) is 14.5. The van der Waals surface area contributed by atoms with Crippen LogP contribution in [-0.2, 0) is 19.1 Å². The molecule has 0 aliphatic heterocycles. The predicted octanol–water partition coefficient (Wildman–Crippen LogP) is 24.8. The summed E-state index contributed by atoms with van der Waals surface area (Å²) in [6.45, 7) is 10.3. The zero-order chi connectivity index (χ0) is 55.2. The molecule has 0 spiro atoms. The van der Waals surface area contributed by atoms with Crippen LogP contribution in [0.4, 0.5) is 0 Å². The lowest BCUT2D eigenvalue weighted by Gasteiger charge is -2.05. The minimum Gasteiger partial charge on any atom is -0.466 e. The molecule has 0 heterocycles. The van der Waals surface area contributed by atoms with E-state index >= 15 is 0 Å². The fourth-order valence-corrected chi connectivity index (χ4v) is 9.38. The number of esters is 2. The standard InChI is InChI=1S/2C36H66O2/c2*1-3-5-7-9-11-13-15-17-19-21-23-25-27-29-31-33-35-38-36(37)34-32-30-28-26-24-22-20-18-16-14-12-10-8-6-4-2/h2*12,14,17-20H,3-11,13,15-16,21-35H2,1-2H3/b2*14-12-,19-17-,20-18-. The van der Waals surface area contributed by atoms with Gasteiger partial charge in [0.2, 0.25) is 0 Å². The lowest BCUT2D eigenvalue weighted by atomic mass is 10.1. The molecule has 0 aromatic carbocycles. The van der Waals surface area contributed by atoms with E-state index < -0.39 is 0 Å². The van der Waals surface area contributed by atoms with Crippen LogP contribution in [0.15, 0.2) is 72.9 Å². The van der Waals surface area contributed by atoms with Gasteiger partial charge < -0.3 is 9.47 Å². The van der Waals surface area contributed by atoms with Crippen molar-refractivity contribution in [2.75, 3.05) is 13.2 Å². The fraction of sp³-hybridized carbons (Fsp3) is 0.806. The van der Waals surface area contributed by atoms with Gasteiger partial charge in [-0.3, -0.25) is 9.59 Å². The van der Waals surface area contributed by atoms with Crippen molar-refractivity contribution in [2.45, 2.75) is 362 Å². The first-order valence-corrected chi connectivity index (χ1v) is 33.8. The first kappa shape index (κ1) is 75.5. The maximum absolute atomic E-state index is 11.9. The molecule has 4 heteroatoms. The van der Waals surface area contributed by atoms with Crippen LogP contribution in [0.2, 0.25) is 0 Å². The third kappa shape index (κ3) is 73.5. The number of ether oxygens (including phenoxy) is 2. The average Bonchev–Trinajstić information content (AvgIpc) is 3.42. The highest BCUT2D eigenvalue weighted by Crippen LogP contribution is 2.15. The van der Waals surface area contributed by atoms with Gasteiger partial charge in [-0.2, -0.15) is 0 Å². The van der Waals surface area contributed by atoms with Crippen molar-refractivity contribution in [3.8, 4) is 0 Å². The van der Waals surface area contributed by atoms with Gasteiger partial charge in [-0.15, -0.1) is 0 Å². The molecular formula is C72H132O4. The number of hydrogen-bond acceptors (Lipinski definition) is 4. The second-order valence-corrected chi connectivity index (χ2v) is 22.3. The maximum Gasteiger partial charge on any atom is 0.305 e. The number of unbranched alkanes of at least 4 members (excludes halogenated alkanes) is 40. The summed E-state index contributed by atoms with van der Waals surface area (Å²) in [4.78, 5) is 23.8. The van der Waals surface area contributed by atoms with Gasteiger partial charge in [-0.05, 0) is 141 Å². The molecule has 0 saturated heterocycles. The summed E-state index contributed by atoms with van der Waals surface area (Å²) in [7, 11) is 0. The molecule has 0 bridgehead atoms. The van der Waals surface area contributed by atoms with E-state index in [-0.39, 0.29) is 11.9 Å². The molecule has 0 atom stereocenters. The van der Waals surface area contributed by atoms with Gasteiger partial charge >= 0.3 is 11.9 Å². The van der Waals surface area contributed by atoms with Gasteiger partial charge in [-0.25, -0.2) is 0 Å². The van der Waals surface area contributed by atoms with Crippen LogP contribution >= 0.6 is 0 Å². The molecule has 0 amide bonds. The van der Waals surface area contributed by atoms with E-state index in [0.29, 0.717) is 26.1 Å². The minimum absolute atomic E-state index is 0.00317. The Morgan fingerprint density at radius 1 is 0.224 bits per heavy atom. The molecule has 0 N–H and O–H groups in total. The Balaban J connectivity index is 0. The molecule has 0 radical (unpaired) electrons. The van der Waals surface area contributed by atoms with Gasteiger partial charge in [0.15, 0.2) is 0 Å². The molecule has 76 heavy (non-hydrogen) atoms. The topological polar surface area (TPSA) is 52.6 Å². The van der Waals surface area contributed by atoms with Crippen LogP contribution in [0.1, 0.15) is 362 Å². The number of allylic oxidation sites excluding steroid dienone is 12. The first-order valence-electron chi connectivity index (χ1n) is 33.8. The van der Waals surface area contributed by atoms with Crippen molar-refractivity contribution in [3.63, 3.8) is 0 Å². The number of carbonyl (C=O) groups excluding carboxylic acids is 2. The van der Waals surface area contributed by atoms with E-state index in [1.807, 2.05) is 0 Å². The Bertz CT molecular complexity index is 1190. The molecule has 4 nitrogen and oxygen atoms in total. The fourth-order valence-electron chi connectivity index (χ4n) is 9.38. The van der Waals surface area contributed by atoms with E-state index in [2.05, 4.69) is 101 Å². The maximum atomic E-state index is 11.9. The second kappa shape index (κ2) is 72.4. The van der Waals surface area contributed by atoms with Crippen molar-refractivity contribution in [3.05, 3.63) is 72.9 Å². The van der Waals surface area contributed by atoms with E-state index in [4.69, 9.17) is 9.47 Å². The lowest BCUT2D eigenvalue weighted by molar-refractivity contribution is -0.144. The molecule has 0 aromatic rings. The van der Waals surface area contributed by atoms with Crippen LogP contribution in [0.5, 0.6) is 0 Å². The minimum atomic E-state index is 0.00317. The van der Waals surface area contributed by atoms with E-state index in [1.54, 1.807) is 0 Å². The molecule has 0 rings (SSSR count). The van der Waals surface area contributed by atoms with Crippen molar-refractivity contribution in [2.24, 2.45) is 0 Å². The molecule has 0 aromatic heterocycles. The van der Waals surface area contributed by atoms with Crippen LogP contribution in [0.3, 0.4) is 0 Å². The Labute approximate surface area is 476 Å². The molecule has 0 aliphatic carbocycles. The summed E-state index contributed by atoms with van der Waals surface area (Å²) in [6.07, 6.45) is 92.4. The summed E-state index contributed by atoms with van der Waals surface area (Å²) in [5.41, 5.74) is 0. The third-order valence-electron chi connectivity index (χ3n) is 14.5. The van der Waals surface area contributed by atoms with Crippen LogP contribution in [0, 0.1) is 0 Å². The Hall–Kier alpha value is -2.62. The van der Waals surface area contributed by atoms with Gasteiger partial charge in [0.1, 0.15) is 0 Å². The van der Waals surface area contributed by atoms with Crippen molar-refractivity contribution in [1.82, 2.24) is 0 Å². The zero-order valence-corrected chi connectivity index (χ0v) is 51.7. The first-order chi connectivity index (χ1) is 37.6.